The molecule has 33 heavy (non-hydrogen) atoms. The molecule has 4 aromatic rings. The van der Waals surface area contributed by atoms with Crippen LogP contribution in [0.5, 0.6) is 5.75 Å². The maximum Gasteiger partial charge on any atom is 0.160 e. The highest BCUT2D eigenvalue weighted by Gasteiger charge is 2.19. The number of halogens is 1. The van der Waals surface area contributed by atoms with Gasteiger partial charge >= 0.3 is 0 Å². The third-order valence-corrected chi connectivity index (χ3v) is 7.25. The van der Waals surface area contributed by atoms with Crippen molar-refractivity contribution in [2.45, 2.75) is 13.5 Å². The van der Waals surface area contributed by atoms with E-state index in [4.69, 9.17) is 14.7 Å². The quantitative estimate of drug-likeness (QED) is 0.311. The second-order valence-electron chi connectivity index (χ2n) is 7.88. The molecule has 5 rings (SSSR count). The van der Waals surface area contributed by atoms with E-state index in [0.717, 1.165) is 76.1 Å². The molecular weight excluding hydrogens is 498 g/mol. The number of H-pyrrole nitrogens is 1. The van der Waals surface area contributed by atoms with Gasteiger partial charge in [0.1, 0.15) is 29.5 Å². The lowest BCUT2D eigenvalue weighted by Gasteiger charge is -2.34. The number of pyridine rings is 1. The highest BCUT2D eigenvalue weighted by Crippen LogP contribution is 2.31. The van der Waals surface area contributed by atoms with Gasteiger partial charge in [0.25, 0.3) is 0 Å². The number of piperazine rings is 1. The third kappa shape index (κ3) is 5.18. The molecule has 1 saturated heterocycles. The zero-order chi connectivity index (χ0) is 22.6. The minimum Gasteiger partial charge on any atom is -0.488 e. The van der Waals surface area contributed by atoms with Gasteiger partial charge in [0.2, 0.25) is 0 Å². The van der Waals surface area contributed by atoms with Gasteiger partial charge in [-0.1, -0.05) is 49.2 Å². The highest BCUT2D eigenvalue weighted by molar-refractivity contribution is 9.10. The molecule has 0 unspecified atom stereocenters. The van der Waals surface area contributed by atoms with Crippen molar-refractivity contribution in [3.05, 3.63) is 70.7 Å². The van der Waals surface area contributed by atoms with Gasteiger partial charge in [0.15, 0.2) is 5.65 Å². The van der Waals surface area contributed by atoms with Gasteiger partial charge in [0.05, 0.1) is 4.47 Å². The molecule has 0 spiro atoms. The predicted molar refractivity (Wildman–Crippen MR) is 140 cm³/mol. The van der Waals surface area contributed by atoms with E-state index in [0.29, 0.717) is 6.61 Å². The van der Waals surface area contributed by atoms with E-state index >= 15 is 0 Å². The first-order chi connectivity index (χ1) is 16.2. The lowest BCUT2D eigenvalue weighted by molar-refractivity contribution is 0.304. The van der Waals surface area contributed by atoms with Crippen LogP contribution in [0.3, 0.4) is 0 Å². The summed E-state index contributed by atoms with van der Waals surface area (Å²) in [5, 5.41) is 0. The van der Waals surface area contributed by atoms with E-state index in [1.54, 1.807) is 0 Å². The number of anilines is 1. The van der Waals surface area contributed by atoms with Crippen molar-refractivity contribution in [2.24, 2.45) is 0 Å². The number of nitrogens with one attached hydrogen (secondary N) is 1. The first-order valence-corrected chi connectivity index (χ1v) is 12.9. The fourth-order valence-electron chi connectivity index (χ4n) is 3.93. The lowest BCUT2D eigenvalue weighted by atomic mass is 10.2. The van der Waals surface area contributed by atoms with Gasteiger partial charge < -0.3 is 14.6 Å². The van der Waals surface area contributed by atoms with Crippen LogP contribution in [0.1, 0.15) is 12.5 Å². The van der Waals surface area contributed by atoms with Gasteiger partial charge in [-0.15, -0.1) is 0 Å². The van der Waals surface area contributed by atoms with Gasteiger partial charge in [-0.05, 0) is 51.8 Å². The number of ether oxygens (including phenoxy) is 1. The minimum atomic E-state index is 0.529. The van der Waals surface area contributed by atoms with Crippen molar-refractivity contribution in [3.63, 3.8) is 0 Å². The molecule has 8 heteroatoms. The normalized spacial score (nSPS) is 14.7. The molecule has 0 atom stereocenters. The molecule has 6 nitrogen and oxygen atoms in total. The van der Waals surface area contributed by atoms with Gasteiger partial charge in [0, 0.05) is 37.5 Å². The van der Waals surface area contributed by atoms with Gasteiger partial charge in [-0.2, -0.15) is 0 Å². The standard InChI is InChI=1S/C25H26BrN5OS/c1-2-33-31-14-12-30(13-15-31)23-11-9-21-25(28-23)29-24(27-21)19-8-10-22(20(26)16-19)32-17-18-6-4-3-5-7-18/h3-11,16H,2,12-15,17H2,1H3,(H,27,28,29). The number of rotatable bonds is 7. The summed E-state index contributed by atoms with van der Waals surface area (Å²) in [5.74, 6) is 3.73. The molecule has 170 valence electrons. The number of benzene rings is 2. The van der Waals surface area contributed by atoms with Crippen molar-refractivity contribution >= 4 is 44.9 Å². The van der Waals surface area contributed by atoms with Crippen LogP contribution >= 0.6 is 27.9 Å². The van der Waals surface area contributed by atoms with E-state index in [2.05, 4.69) is 61.3 Å². The van der Waals surface area contributed by atoms with E-state index < -0.39 is 0 Å². The summed E-state index contributed by atoms with van der Waals surface area (Å²) >= 11 is 5.56. The second kappa shape index (κ2) is 10.2. The number of hydrogen-bond acceptors (Lipinski definition) is 6. The molecule has 1 N–H and O–H groups in total. The molecule has 0 radical (unpaired) electrons. The van der Waals surface area contributed by atoms with Crippen molar-refractivity contribution in [3.8, 4) is 17.1 Å². The van der Waals surface area contributed by atoms with Crippen LogP contribution in [0.2, 0.25) is 0 Å². The Hall–Kier alpha value is -2.55. The Morgan fingerprint density at radius 3 is 2.58 bits per heavy atom. The maximum atomic E-state index is 5.98. The summed E-state index contributed by atoms with van der Waals surface area (Å²) in [5.41, 5.74) is 3.81. The van der Waals surface area contributed by atoms with Crippen LogP contribution in [-0.4, -0.2) is 51.2 Å². The largest absolute Gasteiger partial charge is 0.488 e. The van der Waals surface area contributed by atoms with Crippen LogP contribution in [0.4, 0.5) is 5.82 Å². The van der Waals surface area contributed by atoms with Crippen molar-refractivity contribution in [1.82, 2.24) is 19.3 Å². The van der Waals surface area contributed by atoms with Crippen LogP contribution in [0, 0.1) is 0 Å². The van der Waals surface area contributed by atoms with E-state index in [1.807, 2.05) is 48.3 Å². The van der Waals surface area contributed by atoms with E-state index in [1.165, 1.54) is 0 Å². The van der Waals surface area contributed by atoms with Gasteiger partial charge in [-0.25, -0.2) is 14.3 Å². The topological polar surface area (TPSA) is 57.3 Å². The Labute approximate surface area is 206 Å². The number of fused-ring (bicyclic) bond motifs is 1. The Morgan fingerprint density at radius 2 is 1.82 bits per heavy atom. The Bertz CT molecular complexity index is 1220. The predicted octanol–water partition coefficient (Wildman–Crippen LogP) is 5.76. The summed E-state index contributed by atoms with van der Waals surface area (Å²) in [4.78, 5) is 15.4. The molecule has 1 aliphatic heterocycles. The van der Waals surface area contributed by atoms with Crippen LogP contribution in [0.25, 0.3) is 22.6 Å². The number of nitrogens with zero attached hydrogens (tertiary/aromatic N) is 4. The molecule has 2 aromatic heterocycles. The first kappa shape index (κ1) is 22.3. The molecule has 0 bridgehead atoms. The van der Waals surface area contributed by atoms with Crippen molar-refractivity contribution in [2.75, 3.05) is 36.8 Å². The molecule has 1 aliphatic rings. The lowest BCUT2D eigenvalue weighted by Crippen LogP contribution is -2.43. The SMILES string of the molecule is CCSN1CCN(c2ccc3nc(-c4ccc(OCc5ccccc5)c(Br)c4)[nH]c3n2)CC1. The number of imidazole rings is 1. The number of aromatic nitrogens is 3. The molecule has 0 amide bonds. The molecular formula is C25H26BrN5OS. The number of hydrogen-bond donors (Lipinski definition) is 1. The van der Waals surface area contributed by atoms with E-state index in [-0.39, 0.29) is 0 Å². The molecule has 0 aliphatic carbocycles. The van der Waals surface area contributed by atoms with E-state index in [9.17, 15) is 0 Å². The van der Waals surface area contributed by atoms with Crippen LogP contribution < -0.4 is 9.64 Å². The molecule has 3 heterocycles. The Balaban J connectivity index is 1.30. The zero-order valence-corrected chi connectivity index (χ0v) is 20.9. The fraction of sp³-hybridized carbons (Fsp3) is 0.280. The molecule has 2 aromatic carbocycles. The smallest absolute Gasteiger partial charge is 0.160 e. The second-order valence-corrected chi connectivity index (χ2v) is 10.1. The highest BCUT2D eigenvalue weighted by atomic mass is 79.9. The monoisotopic (exact) mass is 523 g/mol. The summed E-state index contributed by atoms with van der Waals surface area (Å²) in [7, 11) is 0. The molecule has 0 saturated carbocycles. The summed E-state index contributed by atoms with van der Waals surface area (Å²) in [6, 6.07) is 20.3. The Morgan fingerprint density at radius 1 is 1.00 bits per heavy atom. The third-order valence-electron chi connectivity index (χ3n) is 5.65. The molecule has 1 fully saturated rings. The summed E-state index contributed by atoms with van der Waals surface area (Å²) in [6.07, 6.45) is 0. The average molecular weight is 524 g/mol. The number of aromatic amines is 1. The minimum absolute atomic E-state index is 0.529. The maximum absolute atomic E-state index is 5.98. The first-order valence-electron chi connectivity index (χ1n) is 11.2. The summed E-state index contributed by atoms with van der Waals surface area (Å²) < 4.78 is 9.31. The van der Waals surface area contributed by atoms with Gasteiger partial charge in [-0.3, -0.25) is 0 Å². The zero-order valence-electron chi connectivity index (χ0n) is 18.5. The Kier molecular flexibility index (Phi) is 6.85. The van der Waals surface area contributed by atoms with Crippen molar-refractivity contribution < 1.29 is 4.74 Å². The van der Waals surface area contributed by atoms with Crippen LogP contribution in [0.15, 0.2) is 65.1 Å². The fourth-order valence-corrected chi connectivity index (χ4v) is 5.21. The van der Waals surface area contributed by atoms with Crippen LogP contribution in [-0.2, 0) is 6.61 Å². The van der Waals surface area contributed by atoms with Crippen molar-refractivity contribution in [1.29, 1.82) is 0 Å². The average Bonchev–Trinajstić information content (AvgIpc) is 3.28. The summed E-state index contributed by atoms with van der Waals surface area (Å²) in [6.45, 7) is 6.82.